The molecule has 0 saturated carbocycles. The summed E-state index contributed by atoms with van der Waals surface area (Å²) in [7, 11) is 0. The summed E-state index contributed by atoms with van der Waals surface area (Å²) in [5.74, 6) is -0.374. The smallest absolute Gasteiger partial charge is 0.227 e. The maximum atomic E-state index is 12.4. The van der Waals surface area contributed by atoms with E-state index in [0.717, 1.165) is 18.4 Å². The quantitative estimate of drug-likeness (QED) is 0.837. The number of ether oxygens (including phenoxy) is 2. The van der Waals surface area contributed by atoms with Crippen LogP contribution < -0.4 is 0 Å². The zero-order valence-electron chi connectivity index (χ0n) is 11.6. The van der Waals surface area contributed by atoms with Gasteiger partial charge in [-0.3, -0.25) is 4.79 Å². The van der Waals surface area contributed by atoms with E-state index in [0.29, 0.717) is 42.8 Å². The van der Waals surface area contributed by atoms with Crippen LogP contribution in [0.3, 0.4) is 0 Å². The summed E-state index contributed by atoms with van der Waals surface area (Å²) in [5, 5.41) is 1.11. The van der Waals surface area contributed by atoms with Gasteiger partial charge in [-0.05, 0) is 17.7 Å². The van der Waals surface area contributed by atoms with Crippen molar-refractivity contribution in [1.82, 2.24) is 4.90 Å². The predicted octanol–water partition coefficient (Wildman–Crippen LogP) is 2.90. The van der Waals surface area contributed by atoms with Crippen molar-refractivity contribution < 1.29 is 14.3 Å². The largest absolute Gasteiger partial charge is 0.347 e. The van der Waals surface area contributed by atoms with E-state index in [4.69, 9.17) is 32.7 Å². The third-order valence-corrected chi connectivity index (χ3v) is 4.64. The minimum absolute atomic E-state index is 0.0760. The van der Waals surface area contributed by atoms with Gasteiger partial charge in [-0.25, -0.2) is 0 Å². The fourth-order valence-corrected chi connectivity index (χ4v) is 3.30. The Bertz CT molecular complexity index is 534. The average molecular weight is 330 g/mol. The van der Waals surface area contributed by atoms with E-state index in [2.05, 4.69) is 0 Å². The molecule has 1 spiro atoms. The zero-order valence-corrected chi connectivity index (χ0v) is 13.1. The molecule has 0 unspecified atom stereocenters. The number of halogens is 2. The van der Waals surface area contributed by atoms with Gasteiger partial charge >= 0.3 is 0 Å². The summed E-state index contributed by atoms with van der Waals surface area (Å²) >= 11 is 12.0. The fourth-order valence-electron chi connectivity index (χ4n) is 2.82. The molecule has 6 heteroatoms. The lowest BCUT2D eigenvalue weighted by Crippen LogP contribution is -2.47. The summed E-state index contributed by atoms with van der Waals surface area (Å²) in [6.07, 6.45) is 1.75. The second-order valence-corrected chi connectivity index (χ2v) is 6.24. The van der Waals surface area contributed by atoms with Crippen LogP contribution in [0.25, 0.3) is 0 Å². The minimum atomic E-state index is -0.450. The molecule has 1 amide bonds. The molecule has 2 aliphatic heterocycles. The molecule has 1 aromatic rings. The number of nitrogens with zero attached hydrogens (tertiary/aromatic N) is 1. The molecule has 21 heavy (non-hydrogen) atoms. The van der Waals surface area contributed by atoms with Gasteiger partial charge in [-0.15, -0.1) is 0 Å². The molecule has 1 aromatic carbocycles. The monoisotopic (exact) mass is 329 g/mol. The van der Waals surface area contributed by atoms with E-state index in [1.165, 1.54) is 0 Å². The third kappa shape index (κ3) is 3.34. The lowest BCUT2D eigenvalue weighted by Gasteiger charge is -2.37. The zero-order chi connectivity index (χ0) is 14.9. The van der Waals surface area contributed by atoms with Crippen LogP contribution in [0.5, 0.6) is 0 Å². The van der Waals surface area contributed by atoms with Gasteiger partial charge in [0.25, 0.3) is 0 Å². The number of likely N-dealkylation sites (tertiary alicyclic amines) is 1. The molecule has 0 aliphatic carbocycles. The number of rotatable bonds is 2. The molecule has 0 bridgehead atoms. The van der Waals surface area contributed by atoms with Crippen LogP contribution >= 0.6 is 23.2 Å². The van der Waals surface area contributed by atoms with Gasteiger partial charge in [0.1, 0.15) is 0 Å². The molecule has 0 aromatic heterocycles. The molecule has 0 atom stereocenters. The normalized spacial score (nSPS) is 21.0. The standard InChI is InChI=1S/C15H17Cl2NO3/c16-12-2-1-11(13(17)10-12)9-14(19)18-5-3-15(4-6-18)20-7-8-21-15/h1-2,10H,3-9H2. The highest BCUT2D eigenvalue weighted by atomic mass is 35.5. The Balaban J connectivity index is 1.59. The first kappa shape index (κ1) is 15.1. The molecule has 3 rings (SSSR count). The molecular weight excluding hydrogens is 313 g/mol. The van der Waals surface area contributed by atoms with Crippen LogP contribution in [-0.2, 0) is 20.7 Å². The number of amides is 1. The topological polar surface area (TPSA) is 38.8 Å². The Hall–Kier alpha value is -0.810. The highest BCUT2D eigenvalue weighted by Crippen LogP contribution is 2.31. The molecule has 2 heterocycles. The summed E-state index contributed by atoms with van der Waals surface area (Å²) in [6, 6.07) is 5.22. The number of carbonyl (C=O) groups excluding carboxylic acids is 1. The van der Waals surface area contributed by atoms with Crippen molar-refractivity contribution in [3.8, 4) is 0 Å². The van der Waals surface area contributed by atoms with E-state index in [1.54, 1.807) is 18.2 Å². The van der Waals surface area contributed by atoms with Crippen molar-refractivity contribution in [3.63, 3.8) is 0 Å². The number of carbonyl (C=O) groups is 1. The van der Waals surface area contributed by atoms with Crippen LogP contribution in [0.4, 0.5) is 0 Å². The first-order chi connectivity index (χ1) is 10.1. The number of piperidine rings is 1. The molecule has 4 nitrogen and oxygen atoms in total. The summed E-state index contributed by atoms with van der Waals surface area (Å²) in [6.45, 7) is 2.61. The first-order valence-electron chi connectivity index (χ1n) is 7.08. The number of hydrogen-bond donors (Lipinski definition) is 0. The van der Waals surface area contributed by atoms with Crippen molar-refractivity contribution in [2.24, 2.45) is 0 Å². The minimum Gasteiger partial charge on any atom is -0.347 e. The fraction of sp³-hybridized carbons (Fsp3) is 0.533. The van der Waals surface area contributed by atoms with Crippen molar-refractivity contribution in [3.05, 3.63) is 33.8 Å². The van der Waals surface area contributed by atoms with E-state index >= 15 is 0 Å². The van der Waals surface area contributed by atoms with E-state index in [1.807, 2.05) is 4.90 Å². The van der Waals surface area contributed by atoms with Gasteiger partial charge < -0.3 is 14.4 Å². The van der Waals surface area contributed by atoms with Crippen molar-refractivity contribution in [2.45, 2.75) is 25.0 Å². The molecule has 2 saturated heterocycles. The van der Waals surface area contributed by atoms with Crippen LogP contribution in [0.15, 0.2) is 18.2 Å². The third-order valence-electron chi connectivity index (χ3n) is 4.05. The number of benzene rings is 1. The van der Waals surface area contributed by atoms with Gasteiger partial charge in [0.15, 0.2) is 5.79 Å². The lowest BCUT2D eigenvalue weighted by molar-refractivity contribution is -0.187. The Morgan fingerprint density at radius 2 is 1.86 bits per heavy atom. The molecule has 2 fully saturated rings. The van der Waals surface area contributed by atoms with Crippen molar-refractivity contribution >= 4 is 29.1 Å². The molecular formula is C15H17Cl2NO3. The lowest BCUT2D eigenvalue weighted by atomic mass is 10.0. The van der Waals surface area contributed by atoms with Crippen molar-refractivity contribution in [2.75, 3.05) is 26.3 Å². The Morgan fingerprint density at radius 3 is 2.48 bits per heavy atom. The van der Waals surface area contributed by atoms with Gasteiger partial charge in [-0.1, -0.05) is 29.3 Å². The Morgan fingerprint density at radius 1 is 1.19 bits per heavy atom. The van der Waals surface area contributed by atoms with Crippen molar-refractivity contribution in [1.29, 1.82) is 0 Å². The van der Waals surface area contributed by atoms with Crippen LogP contribution in [0.1, 0.15) is 18.4 Å². The SMILES string of the molecule is O=C(Cc1ccc(Cl)cc1Cl)N1CCC2(CC1)OCCO2. The maximum Gasteiger partial charge on any atom is 0.227 e. The van der Waals surface area contributed by atoms with Crippen LogP contribution in [-0.4, -0.2) is 42.9 Å². The van der Waals surface area contributed by atoms with Gasteiger partial charge in [0.05, 0.1) is 19.6 Å². The highest BCUT2D eigenvalue weighted by molar-refractivity contribution is 6.35. The van der Waals surface area contributed by atoms with Crippen LogP contribution in [0.2, 0.25) is 10.0 Å². The van der Waals surface area contributed by atoms with Gasteiger partial charge in [0.2, 0.25) is 5.91 Å². The molecule has 0 N–H and O–H groups in total. The maximum absolute atomic E-state index is 12.4. The van der Waals surface area contributed by atoms with E-state index < -0.39 is 5.79 Å². The second-order valence-electron chi connectivity index (χ2n) is 5.40. The van der Waals surface area contributed by atoms with E-state index in [-0.39, 0.29) is 5.91 Å². The Kier molecular flexibility index (Phi) is 4.41. The Labute approximate surface area is 133 Å². The van der Waals surface area contributed by atoms with Gasteiger partial charge in [-0.2, -0.15) is 0 Å². The van der Waals surface area contributed by atoms with Gasteiger partial charge in [0, 0.05) is 36.0 Å². The summed E-state index contributed by atoms with van der Waals surface area (Å²) in [4.78, 5) is 14.2. The summed E-state index contributed by atoms with van der Waals surface area (Å²) < 4.78 is 11.3. The average Bonchev–Trinajstić information content (AvgIpc) is 2.91. The number of hydrogen-bond acceptors (Lipinski definition) is 3. The van der Waals surface area contributed by atoms with Crippen LogP contribution in [0, 0.1) is 0 Å². The predicted molar refractivity (Wildman–Crippen MR) is 80.6 cm³/mol. The highest BCUT2D eigenvalue weighted by Gasteiger charge is 2.40. The molecule has 0 radical (unpaired) electrons. The molecule has 2 aliphatic rings. The summed E-state index contributed by atoms with van der Waals surface area (Å²) in [5.41, 5.74) is 0.805. The second kappa shape index (κ2) is 6.13. The van der Waals surface area contributed by atoms with E-state index in [9.17, 15) is 4.79 Å². The first-order valence-corrected chi connectivity index (χ1v) is 7.83. The molecule has 114 valence electrons.